The van der Waals surface area contributed by atoms with Gasteiger partial charge < -0.3 is 4.74 Å². The van der Waals surface area contributed by atoms with Gasteiger partial charge in [0.15, 0.2) is 0 Å². The molecular formula is C13H20BrNO4S. The van der Waals surface area contributed by atoms with E-state index in [2.05, 4.69) is 20.9 Å². The smallest absolute Gasteiger partial charge is 0.265 e. The van der Waals surface area contributed by atoms with Crippen LogP contribution < -0.4 is 0 Å². The molecular weight excluding hydrogens is 346 g/mol. The van der Waals surface area contributed by atoms with Crippen LogP contribution in [0.15, 0.2) is 22.8 Å². The normalized spacial score (nSPS) is 14.2. The van der Waals surface area contributed by atoms with Crippen LogP contribution in [-0.2, 0) is 19.0 Å². The lowest BCUT2D eigenvalue weighted by molar-refractivity contribution is -0.0157. The van der Waals surface area contributed by atoms with Gasteiger partial charge in [-0.15, -0.1) is 0 Å². The first-order valence-electron chi connectivity index (χ1n) is 6.20. The minimum atomic E-state index is -3.55. The Hall–Kier alpha value is -0.500. The molecule has 1 unspecified atom stereocenters. The van der Waals surface area contributed by atoms with E-state index >= 15 is 0 Å². The molecule has 0 fully saturated rings. The number of ether oxygens (including phenoxy) is 1. The lowest BCUT2D eigenvalue weighted by atomic mass is 10.1. The van der Waals surface area contributed by atoms with Gasteiger partial charge in [-0.05, 0) is 48.8 Å². The Kier molecular flexibility index (Phi) is 6.12. The van der Waals surface area contributed by atoms with Crippen molar-refractivity contribution < 1.29 is 17.3 Å². The molecule has 0 aliphatic carbocycles. The van der Waals surface area contributed by atoms with Crippen LogP contribution in [0.5, 0.6) is 0 Å². The van der Waals surface area contributed by atoms with Crippen molar-refractivity contribution in [2.45, 2.75) is 38.9 Å². The third-order valence-electron chi connectivity index (χ3n) is 2.29. The summed E-state index contributed by atoms with van der Waals surface area (Å²) in [6.07, 6.45) is 2.42. The van der Waals surface area contributed by atoms with E-state index in [0.717, 1.165) is 10.7 Å². The maximum absolute atomic E-state index is 11.3. The van der Waals surface area contributed by atoms with E-state index in [4.69, 9.17) is 8.92 Å². The van der Waals surface area contributed by atoms with Gasteiger partial charge in [-0.2, -0.15) is 8.42 Å². The molecule has 0 aromatic carbocycles. The first kappa shape index (κ1) is 17.6. The third-order valence-corrected chi connectivity index (χ3v) is 3.34. The van der Waals surface area contributed by atoms with Crippen LogP contribution in [0, 0.1) is 0 Å². The zero-order valence-electron chi connectivity index (χ0n) is 12.1. The average molecular weight is 366 g/mol. The Balaban J connectivity index is 2.78. The minimum absolute atomic E-state index is 0.275. The van der Waals surface area contributed by atoms with E-state index in [1.807, 2.05) is 20.8 Å². The standard InChI is InChI=1S/C13H20BrNO4S/c1-13(2,3)18-8-7-12(19-20(4,16)17)11-6-5-10(14)9-15-11/h5-6,9,12H,7-8H2,1-4H3. The Labute approximate surface area is 128 Å². The second-order valence-electron chi connectivity index (χ2n) is 5.44. The molecule has 0 spiro atoms. The summed E-state index contributed by atoms with van der Waals surface area (Å²) in [5.41, 5.74) is 0.291. The summed E-state index contributed by atoms with van der Waals surface area (Å²) >= 11 is 3.29. The van der Waals surface area contributed by atoms with E-state index < -0.39 is 16.2 Å². The monoisotopic (exact) mass is 365 g/mol. The van der Waals surface area contributed by atoms with Crippen LogP contribution in [0.1, 0.15) is 39.0 Å². The summed E-state index contributed by atoms with van der Waals surface area (Å²) in [6, 6.07) is 3.53. The molecule has 1 aromatic rings. The fourth-order valence-corrected chi connectivity index (χ4v) is 2.36. The number of hydrogen-bond donors (Lipinski definition) is 0. The molecule has 0 N–H and O–H groups in total. The second-order valence-corrected chi connectivity index (χ2v) is 7.96. The second kappa shape index (κ2) is 6.98. The summed E-state index contributed by atoms with van der Waals surface area (Å²) in [5.74, 6) is 0. The van der Waals surface area contributed by atoms with E-state index in [1.54, 1.807) is 18.3 Å². The van der Waals surface area contributed by atoms with Gasteiger partial charge in [-0.1, -0.05) is 0 Å². The summed E-state index contributed by atoms with van der Waals surface area (Å²) < 4.78 is 34.2. The molecule has 0 saturated heterocycles. The number of nitrogens with zero attached hydrogens (tertiary/aromatic N) is 1. The van der Waals surface area contributed by atoms with Crippen LogP contribution in [0.2, 0.25) is 0 Å². The van der Waals surface area contributed by atoms with E-state index in [-0.39, 0.29) is 5.60 Å². The van der Waals surface area contributed by atoms with Gasteiger partial charge in [0.05, 0.1) is 24.2 Å². The van der Waals surface area contributed by atoms with Gasteiger partial charge in [-0.25, -0.2) is 0 Å². The van der Waals surface area contributed by atoms with Crippen LogP contribution in [0.3, 0.4) is 0 Å². The molecule has 1 rings (SSSR count). The van der Waals surface area contributed by atoms with Crippen molar-refractivity contribution in [2.24, 2.45) is 0 Å². The fraction of sp³-hybridized carbons (Fsp3) is 0.615. The predicted octanol–water partition coefficient (Wildman–Crippen LogP) is 3.07. The number of hydrogen-bond acceptors (Lipinski definition) is 5. The SMILES string of the molecule is CC(C)(C)OCCC(OS(C)(=O)=O)c1ccc(Br)cn1. The zero-order valence-corrected chi connectivity index (χ0v) is 14.5. The molecule has 0 aliphatic rings. The highest BCUT2D eigenvalue weighted by Crippen LogP contribution is 2.23. The molecule has 5 nitrogen and oxygen atoms in total. The third kappa shape index (κ3) is 7.33. The molecule has 1 heterocycles. The maximum atomic E-state index is 11.3. The number of aromatic nitrogens is 1. The Morgan fingerprint density at radius 3 is 2.45 bits per heavy atom. The number of rotatable bonds is 6. The Bertz CT molecular complexity index is 522. The van der Waals surface area contributed by atoms with Crippen molar-refractivity contribution in [3.8, 4) is 0 Å². The van der Waals surface area contributed by atoms with Crippen LogP contribution >= 0.6 is 15.9 Å². The highest BCUT2D eigenvalue weighted by atomic mass is 79.9. The van der Waals surface area contributed by atoms with Crippen molar-refractivity contribution in [2.75, 3.05) is 12.9 Å². The quantitative estimate of drug-likeness (QED) is 0.724. The van der Waals surface area contributed by atoms with Gasteiger partial charge in [0, 0.05) is 17.1 Å². The molecule has 1 atom stereocenters. The van der Waals surface area contributed by atoms with E-state index in [0.29, 0.717) is 18.7 Å². The van der Waals surface area contributed by atoms with Gasteiger partial charge in [0.1, 0.15) is 6.10 Å². The molecule has 1 aromatic heterocycles. The van der Waals surface area contributed by atoms with Gasteiger partial charge in [0.2, 0.25) is 0 Å². The summed E-state index contributed by atoms with van der Waals surface area (Å²) in [5, 5.41) is 0. The number of pyridine rings is 1. The summed E-state index contributed by atoms with van der Waals surface area (Å²) in [7, 11) is -3.55. The maximum Gasteiger partial charge on any atom is 0.265 e. The minimum Gasteiger partial charge on any atom is -0.376 e. The Morgan fingerprint density at radius 2 is 2.00 bits per heavy atom. The highest BCUT2D eigenvalue weighted by Gasteiger charge is 2.20. The predicted molar refractivity (Wildman–Crippen MR) is 80.9 cm³/mol. The molecule has 0 radical (unpaired) electrons. The first-order chi connectivity index (χ1) is 9.07. The molecule has 0 aliphatic heterocycles. The van der Waals surface area contributed by atoms with Gasteiger partial charge in [-0.3, -0.25) is 9.17 Å². The molecule has 114 valence electrons. The van der Waals surface area contributed by atoms with Crippen LogP contribution in [0.4, 0.5) is 0 Å². The van der Waals surface area contributed by atoms with Gasteiger partial charge >= 0.3 is 0 Å². The average Bonchev–Trinajstić information content (AvgIpc) is 2.25. The van der Waals surface area contributed by atoms with Crippen molar-refractivity contribution in [1.29, 1.82) is 0 Å². The van der Waals surface area contributed by atoms with Crippen molar-refractivity contribution in [3.05, 3.63) is 28.5 Å². The van der Waals surface area contributed by atoms with Crippen LogP contribution in [-0.4, -0.2) is 31.9 Å². The fourth-order valence-electron chi connectivity index (χ4n) is 1.51. The summed E-state index contributed by atoms with van der Waals surface area (Å²) in [6.45, 7) is 6.22. The van der Waals surface area contributed by atoms with Crippen LogP contribution in [0.25, 0.3) is 0 Å². The van der Waals surface area contributed by atoms with E-state index in [9.17, 15) is 8.42 Å². The molecule has 0 bridgehead atoms. The largest absolute Gasteiger partial charge is 0.376 e. The van der Waals surface area contributed by atoms with Crippen molar-refractivity contribution in [1.82, 2.24) is 4.98 Å². The highest BCUT2D eigenvalue weighted by molar-refractivity contribution is 9.10. The topological polar surface area (TPSA) is 65.5 Å². The molecule has 0 saturated carbocycles. The lowest BCUT2D eigenvalue weighted by Crippen LogP contribution is -2.22. The first-order valence-corrected chi connectivity index (χ1v) is 8.81. The Morgan fingerprint density at radius 1 is 1.35 bits per heavy atom. The van der Waals surface area contributed by atoms with E-state index in [1.165, 1.54) is 0 Å². The number of halogens is 1. The molecule has 20 heavy (non-hydrogen) atoms. The molecule has 7 heteroatoms. The van der Waals surface area contributed by atoms with Crippen molar-refractivity contribution in [3.63, 3.8) is 0 Å². The van der Waals surface area contributed by atoms with Crippen molar-refractivity contribution >= 4 is 26.0 Å². The lowest BCUT2D eigenvalue weighted by Gasteiger charge is -2.22. The van der Waals surface area contributed by atoms with Gasteiger partial charge in [0.25, 0.3) is 10.1 Å². The zero-order chi connectivity index (χ0) is 15.4. The summed E-state index contributed by atoms with van der Waals surface area (Å²) in [4.78, 5) is 4.19. The molecule has 0 amide bonds.